The van der Waals surface area contributed by atoms with E-state index in [1.165, 1.54) is 28.6 Å². The maximum absolute atomic E-state index is 12.7. The van der Waals surface area contributed by atoms with E-state index in [-0.39, 0.29) is 16.6 Å². The van der Waals surface area contributed by atoms with Crippen LogP contribution >= 0.6 is 0 Å². The van der Waals surface area contributed by atoms with E-state index < -0.39 is 20.0 Å². The normalized spacial score (nSPS) is 14.5. The lowest BCUT2D eigenvalue weighted by Crippen LogP contribution is -2.29. The maximum Gasteiger partial charge on any atom is 0.261 e. The summed E-state index contributed by atoms with van der Waals surface area (Å²) < 4.78 is 54.4. The molecule has 35 heavy (non-hydrogen) atoms. The molecule has 2 N–H and O–H groups in total. The third-order valence-corrected chi connectivity index (χ3v) is 9.07. The molecule has 1 heterocycles. The van der Waals surface area contributed by atoms with Crippen LogP contribution in [-0.2, 0) is 25.8 Å². The van der Waals surface area contributed by atoms with Crippen molar-refractivity contribution < 1.29 is 21.6 Å². The van der Waals surface area contributed by atoms with Gasteiger partial charge in [-0.1, -0.05) is 30.3 Å². The van der Waals surface area contributed by atoms with Gasteiger partial charge < -0.3 is 5.32 Å². The van der Waals surface area contributed by atoms with Crippen molar-refractivity contribution in [2.45, 2.75) is 30.4 Å². The minimum atomic E-state index is -3.77. The second kappa shape index (κ2) is 10.2. The average Bonchev–Trinajstić information content (AvgIpc) is 3.37. The van der Waals surface area contributed by atoms with E-state index in [0.717, 1.165) is 18.4 Å². The molecule has 1 aliphatic heterocycles. The molecule has 4 rings (SSSR count). The number of hydrogen-bond acceptors (Lipinski definition) is 5. The molecule has 0 saturated carbocycles. The number of anilines is 2. The van der Waals surface area contributed by atoms with Gasteiger partial charge in [0.15, 0.2) is 0 Å². The predicted molar refractivity (Wildman–Crippen MR) is 136 cm³/mol. The van der Waals surface area contributed by atoms with Crippen LogP contribution < -0.4 is 10.0 Å². The third kappa shape index (κ3) is 6.08. The number of para-hydroxylation sites is 1. The summed E-state index contributed by atoms with van der Waals surface area (Å²) in [6.07, 6.45) is 1.77. The topological polar surface area (TPSA) is 113 Å². The lowest BCUT2D eigenvalue weighted by molar-refractivity contribution is 0.102. The number of amides is 1. The van der Waals surface area contributed by atoms with Crippen molar-refractivity contribution in [2.75, 3.05) is 23.1 Å². The molecule has 0 radical (unpaired) electrons. The molecule has 1 fully saturated rings. The largest absolute Gasteiger partial charge is 0.322 e. The molecular formula is C25H27N3O5S2. The van der Waals surface area contributed by atoms with Gasteiger partial charge in [-0.15, -0.1) is 0 Å². The van der Waals surface area contributed by atoms with E-state index in [4.69, 9.17) is 0 Å². The van der Waals surface area contributed by atoms with Crippen LogP contribution in [0.1, 0.15) is 34.3 Å². The highest BCUT2D eigenvalue weighted by Gasteiger charge is 2.25. The Morgan fingerprint density at radius 1 is 0.857 bits per heavy atom. The molecule has 0 bridgehead atoms. The van der Waals surface area contributed by atoms with E-state index in [9.17, 15) is 21.6 Å². The highest BCUT2D eigenvalue weighted by molar-refractivity contribution is 7.92. The van der Waals surface area contributed by atoms with Crippen LogP contribution in [0.4, 0.5) is 11.4 Å². The zero-order valence-corrected chi connectivity index (χ0v) is 20.9. The Kier molecular flexibility index (Phi) is 7.25. The molecule has 3 aromatic carbocycles. The van der Waals surface area contributed by atoms with Crippen molar-refractivity contribution in [3.8, 4) is 0 Å². The van der Waals surface area contributed by atoms with Gasteiger partial charge >= 0.3 is 0 Å². The Hall–Kier alpha value is -3.21. The number of benzene rings is 3. The fourth-order valence-corrected chi connectivity index (χ4v) is 6.57. The number of carbonyl (C=O) groups excluding carboxylic acids is 1. The van der Waals surface area contributed by atoms with E-state index in [1.54, 1.807) is 36.4 Å². The van der Waals surface area contributed by atoms with Gasteiger partial charge in [-0.05, 0) is 73.4 Å². The minimum absolute atomic E-state index is 0.0716. The second-order valence-corrected chi connectivity index (χ2v) is 12.1. The van der Waals surface area contributed by atoms with Crippen LogP contribution in [0.5, 0.6) is 0 Å². The first-order valence-electron chi connectivity index (χ1n) is 11.2. The predicted octanol–water partition coefficient (Wildman–Crippen LogP) is 3.97. The van der Waals surface area contributed by atoms with Crippen LogP contribution in [0.2, 0.25) is 0 Å². The number of aryl methyl sites for hydroxylation is 1. The van der Waals surface area contributed by atoms with Crippen LogP contribution in [0.3, 0.4) is 0 Å². The van der Waals surface area contributed by atoms with Gasteiger partial charge in [-0.3, -0.25) is 9.52 Å². The van der Waals surface area contributed by atoms with Gasteiger partial charge in [0, 0.05) is 24.3 Å². The zero-order chi connectivity index (χ0) is 25.1. The van der Waals surface area contributed by atoms with Crippen LogP contribution in [0.15, 0.2) is 77.7 Å². The average molecular weight is 514 g/mol. The standard InChI is InChI=1S/C25H27N3O5S2/c1-19-6-2-3-7-24(19)27-35(32,33)23-14-12-22(13-15-23)26-25(29)21-10-8-20(9-11-21)18-34(30,31)28-16-4-5-17-28/h2-3,6-15,27H,4-5,16-18H2,1H3,(H,26,29). The fraction of sp³-hybridized carbons (Fsp3) is 0.240. The smallest absolute Gasteiger partial charge is 0.261 e. The molecule has 0 unspecified atom stereocenters. The molecule has 1 amide bonds. The van der Waals surface area contributed by atoms with E-state index >= 15 is 0 Å². The first-order chi connectivity index (χ1) is 16.6. The second-order valence-electron chi connectivity index (χ2n) is 8.46. The summed E-state index contributed by atoms with van der Waals surface area (Å²) in [4.78, 5) is 12.7. The van der Waals surface area contributed by atoms with Gasteiger partial charge in [-0.2, -0.15) is 0 Å². The summed E-state index contributed by atoms with van der Waals surface area (Å²) in [7, 11) is -7.13. The highest BCUT2D eigenvalue weighted by atomic mass is 32.2. The van der Waals surface area contributed by atoms with Crippen molar-refractivity contribution in [3.63, 3.8) is 0 Å². The van der Waals surface area contributed by atoms with E-state index in [0.29, 0.717) is 35.6 Å². The number of sulfonamides is 2. The van der Waals surface area contributed by atoms with Gasteiger partial charge in [-0.25, -0.2) is 21.1 Å². The SMILES string of the molecule is Cc1ccccc1NS(=O)(=O)c1ccc(NC(=O)c2ccc(CS(=O)(=O)N3CCCC3)cc2)cc1. The number of nitrogens with zero attached hydrogens (tertiary/aromatic N) is 1. The molecule has 1 saturated heterocycles. The lowest BCUT2D eigenvalue weighted by atomic mass is 10.1. The fourth-order valence-electron chi connectivity index (χ4n) is 3.83. The van der Waals surface area contributed by atoms with E-state index in [1.807, 2.05) is 19.1 Å². The quantitative estimate of drug-likeness (QED) is 0.473. The van der Waals surface area contributed by atoms with Crippen LogP contribution in [-0.4, -0.2) is 40.1 Å². The van der Waals surface area contributed by atoms with Gasteiger partial charge in [0.1, 0.15) is 0 Å². The molecule has 184 valence electrons. The Balaban J connectivity index is 1.39. The molecule has 0 aliphatic carbocycles. The molecule has 0 atom stereocenters. The summed E-state index contributed by atoms with van der Waals surface area (Å²) >= 11 is 0. The molecule has 0 aromatic heterocycles. The zero-order valence-electron chi connectivity index (χ0n) is 19.3. The minimum Gasteiger partial charge on any atom is -0.322 e. The van der Waals surface area contributed by atoms with Crippen molar-refractivity contribution in [3.05, 3.63) is 89.5 Å². The maximum atomic E-state index is 12.7. The number of hydrogen-bond donors (Lipinski definition) is 2. The summed E-state index contributed by atoms with van der Waals surface area (Å²) in [6.45, 7) is 2.94. The number of rotatable bonds is 8. The van der Waals surface area contributed by atoms with Crippen LogP contribution in [0.25, 0.3) is 0 Å². The summed E-state index contributed by atoms with van der Waals surface area (Å²) in [5, 5.41) is 2.73. The monoisotopic (exact) mass is 513 g/mol. The first kappa shape index (κ1) is 24.9. The summed E-state index contributed by atoms with van der Waals surface area (Å²) in [5.74, 6) is -0.478. The Morgan fingerprint density at radius 3 is 2.11 bits per heavy atom. The lowest BCUT2D eigenvalue weighted by Gasteiger charge is -2.15. The molecule has 0 spiro atoms. The number of nitrogens with one attached hydrogen (secondary N) is 2. The van der Waals surface area contributed by atoms with Crippen molar-refractivity contribution in [1.82, 2.24) is 4.31 Å². The Morgan fingerprint density at radius 2 is 1.49 bits per heavy atom. The molecule has 1 aliphatic rings. The molecular weight excluding hydrogens is 486 g/mol. The van der Waals surface area contributed by atoms with Gasteiger partial charge in [0.05, 0.1) is 16.3 Å². The summed E-state index contributed by atoms with van der Waals surface area (Å²) in [6, 6.07) is 19.4. The number of carbonyl (C=O) groups is 1. The van der Waals surface area contributed by atoms with Crippen molar-refractivity contribution in [1.29, 1.82) is 0 Å². The summed E-state index contributed by atoms with van der Waals surface area (Å²) in [5.41, 5.74) is 2.72. The molecule has 10 heteroatoms. The van der Waals surface area contributed by atoms with Gasteiger partial charge in [0.2, 0.25) is 10.0 Å². The Labute approximate surface area is 206 Å². The van der Waals surface area contributed by atoms with Crippen molar-refractivity contribution in [2.24, 2.45) is 0 Å². The van der Waals surface area contributed by atoms with Crippen LogP contribution in [0, 0.1) is 6.92 Å². The first-order valence-corrected chi connectivity index (χ1v) is 14.3. The third-order valence-electron chi connectivity index (χ3n) is 5.84. The van der Waals surface area contributed by atoms with E-state index in [2.05, 4.69) is 10.0 Å². The van der Waals surface area contributed by atoms with Gasteiger partial charge in [0.25, 0.3) is 15.9 Å². The Bertz CT molecular complexity index is 1410. The molecule has 3 aromatic rings. The highest BCUT2D eigenvalue weighted by Crippen LogP contribution is 2.21. The van der Waals surface area contributed by atoms with Crippen molar-refractivity contribution >= 4 is 37.3 Å². The molecule has 8 nitrogen and oxygen atoms in total.